The zero-order valence-electron chi connectivity index (χ0n) is 8.66. The molecule has 0 aliphatic heterocycles. The summed E-state index contributed by atoms with van der Waals surface area (Å²) in [6.07, 6.45) is 7.09. The molecule has 0 unspecified atom stereocenters. The lowest BCUT2D eigenvalue weighted by Gasteiger charge is -2.06. The smallest absolute Gasteiger partial charge is 0.335 e. The molecule has 0 fully saturated rings. The number of aliphatic carboxylic acids is 1. The van der Waals surface area contributed by atoms with Crippen molar-refractivity contribution in [1.29, 1.82) is 0 Å². The Bertz CT molecular complexity index is 604. The molecule has 1 aromatic heterocycles. The van der Waals surface area contributed by atoms with E-state index in [4.69, 9.17) is 17.3 Å². The average molecular weight is 267 g/mol. The summed E-state index contributed by atoms with van der Waals surface area (Å²) in [7, 11) is 0. The molecule has 0 amide bonds. The zero-order valence-corrected chi connectivity index (χ0v) is 10.3. The van der Waals surface area contributed by atoms with Crippen LogP contribution < -0.4 is 0 Å². The molecule has 4 nitrogen and oxygen atoms in total. The van der Waals surface area contributed by atoms with Gasteiger partial charge < -0.3 is 10.2 Å². The maximum Gasteiger partial charge on any atom is 0.335 e. The quantitative estimate of drug-likeness (QED) is 0.809. The van der Waals surface area contributed by atoms with Crippen molar-refractivity contribution in [1.82, 2.24) is 4.57 Å². The van der Waals surface area contributed by atoms with E-state index in [-0.39, 0.29) is 11.5 Å². The number of aromatic hydroxyl groups is 1. The second-order valence-corrected chi connectivity index (χ2v) is 4.94. The van der Waals surface area contributed by atoms with Gasteiger partial charge in [0, 0.05) is 6.20 Å². The number of rotatable bonds is 2. The third-order valence-electron chi connectivity index (χ3n) is 2.29. The molecule has 0 spiro atoms. The molecule has 0 radical (unpaired) electrons. The first-order valence-electron chi connectivity index (χ1n) is 4.79. The summed E-state index contributed by atoms with van der Waals surface area (Å²) < 4.78 is 2.05. The molecular formula is C11H9NO3S2. The first-order chi connectivity index (χ1) is 8.08. The number of carboxylic acids is 1. The number of hydrogen-bond donors (Lipinski definition) is 2. The van der Waals surface area contributed by atoms with Crippen molar-refractivity contribution in [3.63, 3.8) is 0 Å². The summed E-state index contributed by atoms with van der Waals surface area (Å²) >= 11 is 6.32. The third-order valence-corrected chi connectivity index (χ3v) is 3.50. The number of thiazole rings is 1. The third kappa shape index (κ3) is 2.54. The van der Waals surface area contributed by atoms with E-state index in [0.717, 1.165) is 5.57 Å². The van der Waals surface area contributed by atoms with Gasteiger partial charge in [0.1, 0.15) is 0 Å². The van der Waals surface area contributed by atoms with Crippen molar-refractivity contribution in [2.24, 2.45) is 0 Å². The minimum absolute atomic E-state index is 0.0916. The van der Waals surface area contributed by atoms with Crippen LogP contribution in [0, 0.1) is 3.95 Å². The molecule has 1 aliphatic carbocycles. The summed E-state index contributed by atoms with van der Waals surface area (Å²) in [6.45, 7) is 0. The molecule has 1 aliphatic rings. The van der Waals surface area contributed by atoms with Gasteiger partial charge in [-0.05, 0) is 30.3 Å². The van der Waals surface area contributed by atoms with Crippen LogP contribution in [0.3, 0.4) is 0 Å². The van der Waals surface area contributed by atoms with Crippen LogP contribution in [0.15, 0.2) is 34.8 Å². The van der Waals surface area contributed by atoms with Gasteiger partial charge in [-0.1, -0.05) is 12.2 Å². The van der Waals surface area contributed by atoms with Crippen molar-refractivity contribution in [2.45, 2.75) is 6.42 Å². The van der Waals surface area contributed by atoms with Crippen molar-refractivity contribution in [3.8, 4) is 5.88 Å². The number of hydrogen-bond acceptors (Lipinski definition) is 4. The van der Waals surface area contributed by atoms with E-state index >= 15 is 0 Å². The first-order valence-corrected chi connectivity index (χ1v) is 6.08. The van der Waals surface area contributed by atoms with Gasteiger partial charge in [-0.3, -0.25) is 4.57 Å². The highest BCUT2D eigenvalue weighted by Crippen LogP contribution is 2.22. The standard InChI is InChI=1S/C11H9NO3S2/c13-9-6-17-11(16)12(9)5-7-1-3-8(4-2-7)10(14)15/h1,3-6,13H,2H2,(H,14,15). The van der Waals surface area contributed by atoms with Crippen LogP contribution in [0.2, 0.25) is 0 Å². The van der Waals surface area contributed by atoms with E-state index in [9.17, 15) is 9.90 Å². The molecule has 0 saturated heterocycles. The maximum atomic E-state index is 10.7. The number of aromatic nitrogens is 1. The molecule has 0 atom stereocenters. The largest absolute Gasteiger partial charge is 0.494 e. The lowest BCUT2D eigenvalue weighted by Crippen LogP contribution is -2.01. The molecule has 2 rings (SSSR count). The highest BCUT2D eigenvalue weighted by molar-refractivity contribution is 7.73. The van der Waals surface area contributed by atoms with Crippen molar-refractivity contribution < 1.29 is 15.0 Å². The van der Waals surface area contributed by atoms with Crippen LogP contribution in [0.1, 0.15) is 6.42 Å². The predicted octanol–water partition coefficient (Wildman–Crippen LogP) is 2.80. The van der Waals surface area contributed by atoms with Crippen LogP contribution in [0.5, 0.6) is 5.88 Å². The first kappa shape index (κ1) is 11.8. The fourth-order valence-electron chi connectivity index (χ4n) is 1.41. The molecule has 2 N–H and O–H groups in total. The minimum atomic E-state index is -0.935. The molecular weight excluding hydrogens is 258 g/mol. The highest BCUT2D eigenvalue weighted by Gasteiger charge is 2.08. The van der Waals surface area contributed by atoms with Crippen molar-refractivity contribution in [2.75, 3.05) is 0 Å². The number of nitrogens with zero attached hydrogens (tertiary/aromatic N) is 1. The molecule has 17 heavy (non-hydrogen) atoms. The van der Waals surface area contributed by atoms with E-state index < -0.39 is 5.97 Å². The van der Waals surface area contributed by atoms with Gasteiger partial charge in [-0.15, -0.1) is 11.3 Å². The lowest BCUT2D eigenvalue weighted by molar-refractivity contribution is -0.132. The SMILES string of the molecule is O=C(O)C1=CCC(=Cn2c(O)csc2=S)C=C1. The Morgan fingerprint density at radius 1 is 1.53 bits per heavy atom. The molecule has 1 heterocycles. The Kier molecular flexibility index (Phi) is 3.26. The Labute approximate surface area is 106 Å². The van der Waals surface area contributed by atoms with Crippen LogP contribution in [0.25, 0.3) is 6.20 Å². The van der Waals surface area contributed by atoms with Crippen LogP contribution in [-0.4, -0.2) is 20.7 Å². The summed E-state index contributed by atoms with van der Waals surface area (Å²) in [4.78, 5) is 10.7. The van der Waals surface area contributed by atoms with Gasteiger partial charge in [-0.25, -0.2) is 4.79 Å². The second-order valence-electron chi connectivity index (χ2n) is 3.44. The van der Waals surface area contributed by atoms with Crippen LogP contribution >= 0.6 is 23.6 Å². The van der Waals surface area contributed by atoms with Gasteiger partial charge in [0.2, 0.25) is 5.88 Å². The highest BCUT2D eigenvalue weighted by atomic mass is 32.1. The Morgan fingerprint density at radius 3 is 2.76 bits per heavy atom. The van der Waals surface area contributed by atoms with E-state index in [0.29, 0.717) is 10.4 Å². The maximum absolute atomic E-state index is 10.7. The second kappa shape index (κ2) is 4.68. The minimum Gasteiger partial charge on any atom is -0.494 e. The van der Waals surface area contributed by atoms with Gasteiger partial charge in [-0.2, -0.15) is 0 Å². The van der Waals surface area contributed by atoms with Gasteiger partial charge in [0.15, 0.2) is 3.95 Å². The fourth-order valence-corrected chi connectivity index (χ4v) is 2.28. The number of carboxylic acid groups (broad SMARTS) is 1. The molecule has 0 aromatic carbocycles. The summed E-state index contributed by atoms with van der Waals surface area (Å²) in [5, 5.41) is 19.9. The van der Waals surface area contributed by atoms with E-state index in [1.807, 2.05) is 0 Å². The molecule has 6 heteroatoms. The van der Waals surface area contributed by atoms with E-state index in [1.54, 1.807) is 23.7 Å². The van der Waals surface area contributed by atoms with Gasteiger partial charge in [0.25, 0.3) is 0 Å². The average Bonchev–Trinajstić information content (AvgIpc) is 2.61. The Morgan fingerprint density at radius 2 is 2.29 bits per heavy atom. The normalized spacial score (nSPS) is 17.2. The van der Waals surface area contributed by atoms with Crippen LogP contribution in [-0.2, 0) is 4.79 Å². The van der Waals surface area contributed by atoms with E-state index in [1.165, 1.54) is 22.0 Å². The summed E-state index contributed by atoms with van der Waals surface area (Å²) in [6, 6.07) is 0. The van der Waals surface area contributed by atoms with E-state index in [2.05, 4.69) is 0 Å². The number of carbonyl (C=O) groups is 1. The topological polar surface area (TPSA) is 62.5 Å². The van der Waals surface area contributed by atoms with Gasteiger partial charge in [0.05, 0.1) is 11.0 Å². The Hall–Kier alpha value is -1.66. The zero-order chi connectivity index (χ0) is 12.4. The summed E-state index contributed by atoms with van der Waals surface area (Å²) in [5.74, 6) is -0.843. The molecule has 1 aromatic rings. The fraction of sp³-hybridized carbons (Fsp3) is 0.0909. The summed E-state index contributed by atoms with van der Waals surface area (Å²) in [5.41, 5.74) is 1.17. The monoisotopic (exact) mass is 267 g/mol. The molecule has 0 bridgehead atoms. The van der Waals surface area contributed by atoms with Gasteiger partial charge >= 0.3 is 5.97 Å². The Balaban J connectivity index is 2.26. The molecule has 0 saturated carbocycles. The van der Waals surface area contributed by atoms with Crippen molar-refractivity contribution >= 4 is 35.7 Å². The van der Waals surface area contributed by atoms with Crippen molar-refractivity contribution in [3.05, 3.63) is 38.7 Å². The predicted molar refractivity (Wildman–Crippen MR) is 68.6 cm³/mol. The number of allylic oxidation sites excluding steroid dienone is 3. The lowest BCUT2D eigenvalue weighted by atomic mass is 10.0. The van der Waals surface area contributed by atoms with Crippen LogP contribution in [0.4, 0.5) is 0 Å². The molecule has 88 valence electrons.